The van der Waals surface area contributed by atoms with E-state index < -0.39 is 5.60 Å². The molecule has 0 aromatic heterocycles. The summed E-state index contributed by atoms with van der Waals surface area (Å²) < 4.78 is 0. The number of terminal acetylenes is 1. The van der Waals surface area contributed by atoms with Crippen LogP contribution in [0.2, 0.25) is 0 Å². The summed E-state index contributed by atoms with van der Waals surface area (Å²) in [4.78, 5) is 11.3. The summed E-state index contributed by atoms with van der Waals surface area (Å²) in [6, 6.07) is 0. The van der Waals surface area contributed by atoms with Gasteiger partial charge in [0.25, 0.3) is 0 Å². The van der Waals surface area contributed by atoms with E-state index in [9.17, 15) is 9.90 Å². The van der Waals surface area contributed by atoms with Crippen LogP contribution < -0.4 is 10.6 Å². The van der Waals surface area contributed by atoms with E-state index in [0.717, 1.165) is 0 Å². The molecule has 4 nitrogen and oxygen atoms in total. The molecule has 1 unspecified atom stereocenters. The van der Waals surface area contributed by atoms with Gasteiger partial charge in [0.05, 0.1) is 18.7 Å². The van der Waals surface area contributed by atoms with Gasteiger partial charge in [-0.1, -0.05) is 19.8 Å². The second kappa shape index (κ2) is 7.26. The Morgan fingerprint density at radius 3 is 2.69 bits per heavy atom. The van der Waals surface area contributed by atoms with E-state index in [1.165, 1.54) is 0 Å². The molecule has 16 heavy (non-hydrogen) atoms. The van der Waals surface area contributed by atoms with Crippen molar-refractivity contribution in [2.45, 2.75) is 32.8 Å². The fraction of sp³-hybridized carbons (Fsp3) is 0.750. The van der Waals surface area contributed by atoms with E-state index in [2.05, 4.69) is 16.6 Å². The third-order valence-corrected chi connectivity index (χ3v) is 2.03. The van der Waals surface area contributed by atoms with Gasteiger partial charge >= 0.3 is 0 Å². The topological polar surface area (TPSA) is 61.4 Å². The molecule has 0 rings (SSSR count). The van der Waals surface area contributed by atoms with Crippen molar-refractivity contribution in [3.63, 3.8) is 0 Å². The maximum absolute atomic E-state index is 11.3. The second-order valence-electron chi connectivity index (χ2n) is 4.68. The lowest BCUT2D eigenvalue weighted by Crippen LogP contribution is -2.44. The van der Waals surface area contributed by atoms with Crippen molar-refractivity contribution < 1.29 is 9.90 Å². The van der Waals surface area contributed by atoms with Crippen LogP contribution in [0.15, 0.2) is 0 Å². The fourth-order valence-corrected chi connectivity index (χ4v) is 1.55. The Kier molecular flexibility index (Phi) is 6.78. The molecule has 1 amide bonds. The first-order chi connectivity index (χ1) is 7.37. The summed E-state index contributed by atoms with van der Waals surface area (Å²) in [5.41, 5.74) is -0.851. The standard InChI is InChI=1S/C12H22N2O2/c1-5-6-13-8-11(15)14-9-12(4,16)7-10(2)3/h1,10,13,16H,6-9H2,2-4H3,(H,14,15). The number of hydrogen-bond donors (Lipinski definition) is 3. The maximum Gasteiger partial charge on any atom is 0.234 e. The summed E-state index contributed by atoms with van der Waals surface area (Å²) in [5, 5.41) is 15.4. The number of nitrogens with one attached hydrogen (secondary N) is 2. The maximum atomic E-state index is 11.3. The van der Waals surface area contributed by atoms with Crippen LogP contribution in [0.1, 0.15) is 27.2 Å². The molecule has 0 bridgehead atoms. The first-order valence-electron chi connectivity index (χ1n) is 5.50. The van der Waals surface area contributed by atoms with Gasteiger partial charge in [-0.25, -0.2) is 0 Å². The largest absolute Gasteiger partial charge is 0.388 e. The Morgan fingerprint density at radius 2 is 2.19 bits per heavy atom. The highest BCUT2D eigenvalue weighted by molar-refractivity contribution is 5.78. The average molecular weight is 226 g/mol. The zero-order valence-corrected chi connectivity index (χ0v) is 10.3. The van der Waals surface area contributed by atoms with Gasteiger partial charge in [0.2, 0.25) is 5.91 Å². The predicted molar refractivity (Wildman–Crippen MR) is 64.8 cm³/mol. The molecule has 0 aromatic rings. The summed E-state index contributed by atoms with van der Waals surface area (Å²) in [5.74, 6) is 2.62. The van der Waals surface area contributed by atoms with Gasteiger partial charge < -0.3 is 10.4 Å². The van der Waals surface area contributed by atoms with Crippen molar-refractivity contribution in [3.05, 3.63) is 0 Å². The van der Waals surface area contributed by atoms with Gasteiger partial charge in [-0.15, -0.1) is 6.42 Å². The zero-order chi connectivity index (χ0) is 12.6. The van der Waals surface area contributed by atoms with Gasteiger partial charge in [0.1, 0.15) is 0 Å². The molecule has 0 radical (unpaired) electrons. The van der Waals surface area contributed by atoms with Crippen LogP contribution in [0, 0.1) is 18.3 Å². The van der Waals surface area contributed by atoms with Gasteiger partial charge in [0.15, 0.2) is 0 Å². The van der Waals surface area contributed by atoms with Crippen LogP contribution >= 0.6 is 0 Å². The van der Waals surface area contributed by atoms with E-state index in [1.54, 1.807) is 6.92 Å². The number of aliphatic hydroxyl groups is 1. The Bertz CT molecular complexity index is 254. The Balaban J connectivity index is 3.78. The first-order valence-corrected chi connectivity index (χ1v) is 5.50. The molecular weight excluding hydrogens is 204 g/mol. The van der Waals surface area contributed by atoms with Crippen molar-refractivity contribution in [2.24, 2.45) is 5.92 Å². The van der Waals surface area contributed by atoms with E-state index in [1.807, 2.05) is 13.8 Å². The first kappa shape index (κ1) is 14.9. The fourth-order valence-electron chi connectivity index (χ4n) is 1.55. The van der Waals surface area contributed by atoms with Crippen LogP contribution in [-0.4, -0.2) is 36.2 Å². The lowest BCUT2D eigenvalue weighted by Gasteiger charge is -2.25. The van der Waals surface area contributed by atoms with Gasteiger partial charge in [-0.2, -0.15) is 0 Å². The molecular formula is C12H22N2O2. The Morgan fingerprint density at radius 1 is 1.56 bits per heavy atom. The van der Waals surface area contributed by atoms with Crippen LogP contribution in [0.25, 0.3) is 0 Å². The van der Waals surface area contributed by atoms with Crippen LogP contribution in [0.3, 0.4) is 0 Å². The zero-order valence-electron chi connectivity index (χ0n) is 10.3. The van der Waals surface area contributed by atoms with Gasteiger partial charge in [-0.05, 0) is 19.3 Å². The van der Waals surface area contributed by atoms with Crippen molar-refractivity contribution in [1.82, 2.24) is 10.6 Å². The van der Waals surface area contributed by atoms with Crippen molar-refractivity contribution in [1.29, 1.82) is 0 Å². The minimum Gasteiger partial charge on any atom is -0.388 e. The number of carbonyl (C=O) groups excluding carboxylic acids is 1. The molecule has 0 heterocycles. The van der Waals surface area contributed by atoms with E-state index in [4.69, 9.17) is 6.42 Å². The SMILES string of the molecule is C#CCNCC(=O)NCC(C)(O)CC(C)C. The molecule has 1 atom stereocenters. The monoisotopic (exact) mass is 226 g/mol. The predicted octanol–water partition coefficient (Wildman–Crippen LogP) is 0.123. The molecule has 0 aliphatic carbocycles. The van der Waals surface area contributed by atoms with Crippen molar-refractivity contribution in [3.8, 4) is 12.3 Å². The lowest BCUT2D eigenvalue weighted by atomic mass is 9.94. The Hall–Kier alpha value is -1.05. The molecule has 0 saturated heterocycles. The van der Waals surface area contributed by atoms with Crippen molar-refractivity contribution >= 4 is 5.91 Å². The molecule has 0 saturated carbocycles. The normalized spacial score (nSPS) is 14.2. The van der Waals surface area contributed by atoms with Crippen LogP contribution in [0.5, 0.6) is 0 Å². The summed E-state index contributed by atoms with van der Waals surface area (Å²) in [6.07, 6.45) is 5.69. The summed E-state index contributed by atoms with van der Waals surface area (Å²) >= 11 is 0. The number of rotatable bonds is 7. The number of carbonyl (C=O) groups is 1. The van der Waals surface area contributed by atoms with E-state index in [-0.39, 0.29) is 19.0 Å². The van der Waals surface area contributed by atoms with Gasteiger partial charge in [0, 0.05) is 6.54 Å². The molecule has 0 aliphatic heterocycles. The lowest BCUT2D eigenvalue weighted by molar-refractivity contribution is -0.121. The molecule has 0 fully saturated rings. The van der Waals surface area contributed by atoms with Gasteiger partial charge in [-0.3, -0.25) is 10.1 Å². The second-order valence-corrected chi connectivity index (χ2v) is 4.68. The average Bonchev–Trinajstić information content (AvgIpc) is 2.13. The van der Waals surface area contributed by atoms with Crippen LogP contribution in [-0.2, 0) is 4.79 Å². The smallest absolute Gasteiger partial charge is 0.234 e. The molecule has 0 aliphatic rings. The molecule has 4 heteroatoms. The van der Waals surface area contributed by atoms with E-state index >= 15 is 0 Å². The van der Waals surface area contributed by atoms with E-state index in [0.29, 0.717) is 18.9 Å². The highest BCUT2D eigenvalue weighted by Gasteiger charge is 2.22. The molecule has 3 N–H and O–H groups in total. The summed E-state index contributed by atoms with van der Waals surface area (Å²) in [7, 11) is 0. The summed E-state index contributed by atoms with van der Waals surface area (Å²) in [6.45, 7) is 6.61. The molecule has 0 spiro atoms. The third kappa shape index (κ3) is 8.27. The Labute approximate surface area is 97.8 Å². The highest BCUT2D eigenvalue weighted by atomic mass is 16.3. The third-order valence-electron chi connectivity index (χ3n) is 2.03. The highest BCUT2D eigenvalue weighted by Crippen LogP contribution is 2.14. The minimum absolute atomic E-state index is 0.153. The quantitative estimate of drug-likeness (QED) is 0.427. The molecule has 0 aromatic carbocycles. The van der Waals surface area contributed by atoms with Crippen LogP contribution in [0.4, 0.5) is 0 Å². The number of hydrogen-bond acceptors (Lipinski definition) is 3. The van der Waals surface area contributed by atoms with Crippen molar-refractivity contribution in [2.75, 3.05) is 19.6 Å². The minimum atomic E-state index is -0.851. The number of amides is 1. The molecule has 92 valence electrons.